The van der Waals surface area contributed by atoms with Gasteiger partial charge in [0.15, 0.2) is 5.78 Å². The molecule has 0 fully saturated rings. The minimum Gasteiger partial charge on any atom is -0.288 e. The third-order valence-corrected chi connectivity index (χ3v) is 4.50. The molecule has 0 radical (unpaired) electrons. The molecule has 1 aliphatic rings. The van der Waals surface area contributed by atoms with Crippen molar-refractivity contribution in [3.63, 3.8) is 0 Å². The highest BCUT2D eigenvalue weighted by Crippen LogP contribution is 2.27. The average Bonchev–Trinajstić information content (AvgIpc) is 2.63. The molecule has 0 bridgehead atoms. The van der Waals surface area contributed by atoms with Crippen molar-refractivity contribution in [1.29, 1.82) is 0 Å². The van der Waals surface area contributed by atoms with Crippen molar-refractivity contribution in [3.8, 4) is 0 Å². The highest BCUT2D eigenvalue weighted by Gasteiger charge is 2.14. The molecule has 0 spiro atoms. The van der Waals surface area contributed by atoms with Crippen LogP contribution in [0.5, 0.6) is 0 Å². The van der Waals surface area contributed by atoms with E-state index in [2.05, 4.69) is 22.0 Å². The highest BCUT2D eigenvalue weighted by molar-refractivity contribution is 9.11. The maximum atomic E-state index is 12.2. The molecule has 0 unspecified atom stereocenters. The van der Waals surface area contributed by atoms with Crippen molar-refractivity contribution in [1.82, 2.24) is 0 Å². The number of thiophene rings is 1. The number of Topliss-reactive ketones (excluding diaryl/α,β-unsaturated/α-hetero) is 1. The van der Waals surface area contributed by atoms with E-state index < -0.39 is 0 Å². The normalized spacial score (nSPS) is 20.7. The van der Waals surface area contributed by atoms with Gasteiger partial charge in [-0.1, -0.05) is 18.9 Å². The summed E-state index contributed by atoms with van der Waals surface area (Å²) in [5.74, 6) is 0.234. The van der Waals surface area contributed by atoms with Crippen LogP contribution in [0.2, 0.25) is 0 Å². The first-order chi connectivity index (χ1) is 7.77. The largest absolute Gasteiger partial charge is 0.288 e. The van der Waals surface area contributed by atoms with Gasteiger partial charge in [-0.3, -0.25) is 4.79 Å². The third kappa shape index (κ3) is 3.05. The predicted molar refractivity (Wildman–Crippen MR) is 72.1 cm³/mol. The topological polar surface area (TPSA) is 17.1 Å². The Balaban J connectivity index is 2.13. The molecule has 0 amide bonds. The Kier molecular flexibility index (Phi) is 4.36. The Hall–Kier alpha value is -0.410. The van der Waals surface area contributed by atoms with E-state index in [0.29, 0.717) is 0 Å². The summed E-state index contributed by atoms with van der Waals surface area (Å²) in [5, 5.41) is 0. The van der Waals surface area contributed by atoms with Crippen molar-refractivity contribution in [2.24, 2.45) is 0 Å². The molecule has 1 aromatic heterocycles. The second-order valence-electron chi connectivity index (χ2n) is 4.12. The summed E-state index contributed by atoms with van der Waals surface area (Å²) < 4.78 is 1.03. The number of carbonyl (C=O) groups excluding carboxylic acids is 1. The van der Waals surface area contributed by atoms with E-state index in [0.717, 1.165) is 33.5 Å². The first-order valence-corrected chi connectivity index (χ1v) is 7.37. The second kappa shape index (κ2) is 5.78. The molecule has 1 nitrogen and oxygen atoms in total. The van der Waals surface area contributed by atoms with Crippen molar-refractivity contribution in [3.05, 3.63) is 32.4 Å². The van der Waals surface area contributed by atoms with E-state index >= 15 is 0 Å². The van der Waals surface area contributed by atoms with Gasteiger partial charge in [-0.15, -0.1) is 11.3 Å². The molecule has 0 aliphatic heterocycles. The number of halogens is 1. The molecule has 0 N–H and O–H groups in total. The third-order valence-electron chi connectivity index (χ3n) is 2.88. The van der Waals surface area contributed by atoms with E-state index in [-0.39, 0.29) is 5.78 Å². The standard InChI is InChI=1S/C13H15BrOS/c14-12-9-8-11(16-12)13(15)10-6-4-2-1-3-5-7-10/h6,8-9H,1-5,7H2/b10-6+. The quantitative estimate of drug-likeness (QED) is 0.704. The highest BCUT2D eigenvalue weighted by atomic mass is 79.9. The van der Waals surface area contributed by atoms with Crippen LogP contribution < -0.4 is 0 Å². The maximum Gasteiger partial charge on any atom is 0.198 e. The van der Waals surface area contributed by atoms with Crippen molar-refractivity contribution < 1.29 is 4.79 Å². The molecule has 16 heavy (non-hydrogen) atoms. The number of ketones is 1. The predicted octanol–water partition coefficient (Wildman–Crippen LogP) is 4.97. The summed E-state index contributed by atoms with van der Waals surface area (Å²) in [7, 11) is 0. The monoisotopic (exact) mass is 298 g/mol. The Morgan fingerprint density at radius 3 is 2.75 bits per heavy atom. The van der Waals surface area contributed by atoms with Crippen LogP contribution >= 0.6 is 27.3 Å². The van der Waals surface area contributed by atoms with E-state index in [4.69, 9.17) is 0 Å². The lowest BCUT2D eigenvalue weighted by atomic mass is 9.97. The number of hydrogen-bond donors (Lipinski definition) is 0. The lowest BCUT2D eigenvalue weighted by Gasteiger charge is -2.09. The zero-order valence-electron chi connectivity index (χ0n) is 9.17. The number of hydrogen-bond acceptors (Lipinski definition) is 2. The van der Waals surface area contributed by atoms with Crippen LogP contribution in [0.1, 0.15) is 48.2 Å². The Morgan fingerprint density at radius 1 is 1.19 bits per heavy atom. The van der Waals surface area contributed by atoms with Crippen LogP contribution in [-0.2, 0) is 0 Å². The van der Waals surface area contributed by atoms with E-state index in [9.17, 15) is 4.79 Å². The van der Waals surface area contributed by atoms with E-state index in [1.54, 1.807) is 0 Å². The molecule has 3 heteroatoms. The van der Waals surface area contributed by atoms with E-state index in [1.807, 2.05) is 12.1 Å². The smallest absolute Gasteiger partial charge is 0.198 e. The van der Waals surface area contributed by atoms with Gasteiger partial charge in [-0.2, -0.15) is 0 Å². The summed E-state index contributed by atoms with van der Waals surface area (Å²) in [6, 6.07) is 3.86. The number of allylic oxidation sites excluding steroid dienone is 2. The zero-order chi connectivity index (χ0) is 11.4. The van der Waals surface area contributed by atoms with Crippen molar-refractivity contribution in [2.75, 3.05) is 0 Å². The van der Waals surface area contributed by atoms with Gasteiger partial charge in [-0.05, 0) is 59.3 Å². The number of carbonyl (C=O) groups is 1. The van der Waals surface area contributed by atoms with Gasteiger partial charge in [-0.25, -0.2) is 0 Å². The fraction of sp³-hybridized carbons (Fsp3) is 0.462. The lowest BCUT2D eigenvalue weighted by Crippen LogP contribution is -2.03. The lowest BCUT2D eigenvalue weighted by molar-refractivity contribution is 0.103. The Morgan fingerprint density at radius 2 is 2.00 bits per heavy atom. The van der Waals surface area contributed by atoms with Crippen molar-refractivity contribution in [2.45, 2.75) is 38.5 Å². The first kappa shape index (κ1) is 12.1. The molecule has 0 aromatic carbocycles. The summed E-state index contributed by atoms with van der Waals surface area (Å²) in [6.45, 7) is 0. The van der Waals surface area contributed by atoms with Crippen LogP contribution in [0.3, 0.4) is 0 Å². The summed E-state index contributed by atoms with van der Waals surface area (Å²) >= 11 is 4.93. The summed E-state index contributed by atoms with van der Waals surface area (Å²) in [5.41, 5.74) is 1.02. The van der Waals surface area contributed by atoms with Gasteiger partial charge in [0.1, 0.15) is 0 Å². The Labute approximate surface area is 109 Å². The molecular weight excluding hydrogens is 284 g/mol. The molecule has 0 atom stereocenters. The van der Waals surface area contributed by atoms with Crippen LogP contribution in [0.15, 0.2) is 27.6 Å². The van der Waals surface area contributed by atoms with Gasteiger partial charge >= 0.3 is 0 Å². The van der Waals surface area contributed by atoms with Crippen LogP contribution in [0, 0.1) is 0 Å². The molecule has 86 valence electrons. The second-order valence-corrected chi connectivity index (χ2v) is 6.58. The SMILES string of the molecule is O=C(/C1=C/CCCCCC1)c1ccc(Br)s1. The maximum absolute atomic E-state index is 12.2. The molecule has 2 rings (SSSR count). The molecular formula is C13H15BrOS. The summed E-state index contributed by atoms with van der Waals surface area (Å²) in [6.07, 6.45) is 9.12. The van der Waals surface area contributed by atoms with Crippen LogP contribution in [0.4, 0.5) is 0 Å². The van der Waals surface area contributed by atoms with Crippen LogP contribution in [-0.4, -0.2) is 5.78 Å². The molecule has 0 saturated carbocycles. The fourth-order valence-electron chi connectivity index (χ4n) is 1.99. The Bertz CT molecular complexity index is 406. The minimum atomic E-state index is 0.234. The zero-order valence-corrected chi connectivity index (χ0v) is 11.6. The minimum absolute atomic E-state index is 0.234. The molecule has 1 heterocycles. The van der Waals surface area contributed by atoms with Gasteiger partial charge < -0.3 is 0 Å². The van der Waals surface area contributed by atoms with Crippen LogP contribution in [0.25, 0.3) is 0 Å². The van der Waals surface area contributed by atoms with Gasteiger partial charge in [0, 0.05) is 0 Å². The molecule has 1 aromatic rings. The van der Waals surface area contributed by atoms with E-state index in [1.165, 1.54) is 30.6 Å². The van der Waals surface area contributed by atoms with Crippen molar-refractivity contribution >= 4 is 33.0 Å². The molecule has 1 aliphatic carbocycles. The first-order valence-electron chi connectivity index (χ1n) is 5.76. The fourth-order valence-corrected chi connectivity index (χ4v) is 3.35. The van der Waals surface area contributed by atoms with Gasteiger partial charge in [0.25, 0.3) is 0 Å². The molecule has 0 saturated heterocycles. The average molecular weight is 299 g/mol. The van der Waals surface area contributed by atoms with Gasteiger partial charge in [0.05, 0.1) is 8.66 Å². The summed E-state index contributed by atoms with van der Waals surface area (Å²) in [4.78, 5) is 13.1. The number of rotatable bonds is 2. The van der Waals surface area contributed by atoms with Gasteiger partial charge in [0.2, 0.25) is 0 Å².